The van der Waals surface area contributed by atoms with E-state index in [4.69, 9.17) is 32.7 Å². The van der Waals surface area contributed by atoms with Crippen LogP contribution in [0.5, 0.6) is 11.5 Å². The standard InChI is InChI=1S/C16H12Cl2N2O3/c17-12-3-1-10(2-4-12)5-16(21)20-19-8-11-6-14-15(7-13(11)18)23-9-22-14/h1-4,6-8H,5,9H2,(H,20,21)/b19-8-. The van der Waals surface area contributed by atoms with Gasteiger partial charge in [-0.15, -0.1) is 0 Å². The molecule has 23 heavy (non-hydrogen) atoms. The number of nitrogens with one attached hydrogen (secondary N) is 1. The third-order valence-electron chi connectivity index (χ3n) is 3.16. The summed E-state index contributed by atoms with van der Waals surface area (Å²) in [6.45, 7) is 0.171. The minimum Gasteiger partial charge on any atom is -0.454 e. The summed E-state index contributed by atoms with van der Waals surface area (Å²) in [5.74, 6) is 0.961. The van der Waals surface area contributed by atoms with Gasteiger partial charge in [-0.05, 0) is 23.8 Å². The van der Waals surface area contributed by atoms with Crippen LogP contribution in [0.1, 0.15) is 11.1 Å². The van der Waals surface area contributed by atoms with Crippen LogP contribution in [0.4, 0.5) is 0 Å². The highest BCUT2D eigenvalue weighted by Crippen LogP contribution is 2.36. The highest BCUT2D eigenvalue weighted by Gasteiger charge is 2.15. The number of halogens is 2. The molecule has 1 N–H and O–H groups in total. The number of rotatable bonds is 4. The number of ether oxygens (including phenoxy) is 2. The Balaban J connectivity index is 1.60. The first-order chi connectivity index (χ1) is 11.1. The van der Waals surface area contributed by atoms with Gasteiger partial charge in [0.05, 0.1) is 17.7 Å². The largest absolute Gasteiger partial charge is 0.454 e. The fraction of sp³-hybridized carbons (Fsp3) is 0.125. The van der Waals surface area contributed by atoms with Crippen molar-refractivity contribution in [3.05, 3.63) is 57.6 Å². The van der Waals surface area contributed by atoms with Crippen molar-refractivity contribution >= 4 is 35.3 Å². The number of carbonyl (C=O) groups is 1. The lowest BCUT2D eigenvalue weighted by atomic mass is 10.1. The van der Waals surface area contributed by atoms with Gasteiger partial charge in [0.1, 0.15) is 0 Å². The second-order valence-corrected chi connectivity index (χ2v) is 5.67. The number of benzene rings is 2. The molecular formula is C16H12Cl2N2O3. The molecule has 0 atom stereocenters. The highest BCUT2D eigenvalue weighted by molar-refractivity contribution is 6.33. The monoisotopic (exact) mass is 350 g/mol. The number of fused-ring (bicyclic) bond motifs is 1. The van der Waals surface area contributed by atoms with Crippen molar-refractivity contribution in [3.8, 4) is 11.5 Å². The molecule has 2 aromatic carbocycles. The molecule has 5 nitrogen and oxygen atoms in total. The molecule has 0 radical (unpaired) electrons. The van der Waals surface area contributed by atoms with Gasteiger partial charge in [-0.2, -0.15) is 5.10 Å². The average Bonchev–Trinajstić information content (AvgIpc) is 2.97. The molecule has 7 heteroatoms. The summed E-state index contributed by atoms with van der Waals surface area (Å²) in [7, 11) is 0. The van der Waals surface area contributed by atoms with Gasteiger partial charge in [0.25, 0.3) is 0 Å². The molecule has 1 amide bonds. The van der Waals surface area contributed by atoms with Crippen LogP contribution in [-0.4, -0.2) is 18.9 Å². The van der Waals surface area contributed by atoms with Crippen molar-refractivity contribution in [1.29, 1.82) is 0 Å². The van der Waals surface area contributed by atoms with Gasteiger partial charge in [-0.3, -0.25) is 4.79 Å². The number of amides is 1. The van der Waals surface area contributed by atoms with Crippen LogP contribution < -0.4 is 14.9 Å². The molecule has 0 fully saturated rings. The Hall–Kier alpha value is -2.24. The molecule has 118 valence electrons. The van der Waals surface area contributed by atoms with E-state index in [0.29, 0.717) is 27.1 Å². The zero-order valence-electron chi connectivity index (χ0n) is 11.9. The van der Waals surface area contributed by atoms with Crippen LogP contribution in [0, 0.1) is 0 Å². The summed E-state index contributed by atoms with van der Waals surface area (Å²) in [6.07, 6.45) is 1.67. The van der Waals surface area contributed by atoms with Crippen LogP contribution in [-0.2, 0) is 11.2 Å². The van der Waals surface area contributed by atoms with E-state index >= 15 is 0 Å². The SMILES string of the molecule is O=C(Cc1ccc(Cl)cc1)N/N=C\c1cc2c(cc1Cl)OCO2. The van der Waals surface area contributed by atoms with Crippen LogP contribution >= 0.6 is 23.2 Å². The zero-order valence-corrected chi connectivity index (χ0v) is 13.4. The van der Waals surface area contributed by atoms with Gasteiger partial charge in [-0.25, -0.2) is 5.43 Å². The summed E-state index contributed by atoms with van der Waals surface area (Å²) in [5.41, 5.74) is 3.93. The molecule has 0 saturated carbocycles. The molecule has 3 rings (SSSR count). The minimum atomic E-state index is -0.236. The Morgan fingerprint density at radius 2 is 1.87 bits per heavy atom. The third-order valence-corrected chi connectivity index (χ3v) is 3.74. The number of nitrogens with zero attached hydrogens (tertiary/aromatic N) is 1. The highest BCUT2D eigenvalue weighted by atomic mass is 35.5. The van der Waals surface area contributed by atoms with Crippen LogP contribution in [0.3, 0.4) is 0 Å². The Labute approximate surface area is 142 Å². The zero-order chi connectivity index (χ0) is 16.2. The lowest BCUT2D eigenvalue weighted by Gasteiger charge is -2.02. The van der Waals surface area contributed by atoms with Crippen molar-refractivity contribution in [2.24, 2.45) is 5.10 Å². The van der Waals surface area contributed by atoms with Crippen LogP contribution in [0.2, 0.25) is 10.0 Å². The Morgan fingerprint density at radius 1 is 1.17 bits per heavy atom. The van der Waals surface area contributed by atoms with Crippen LogP contribution in [0.25, 0.3) is 0 Å². The quantitative estimate of drug-likeness (QED) is 0.678. The molecule has 0 aliphatic carbocycles. The second-order valence-electron chi connectivity index (χ2n) is 4.82. The molecular weight excluding hydrogens is 339 g/mol. The van der Waals surface area contributed by atoms with Crippen LogP contribution in [0.15, 0.2) is 41.5 Å². The average molecular weight is 351 g/mol. The number of carbonyl (C=O) groups excluding carboxylic acids is 1. The van der Waals surface area contributed by atoms with Gasteiger partial charge in [0.2, 0.25) is 12.7 Å². The summed E-state index contributed by atoms with van der Waals surface area (Å²) in [6, 6.07) is 10.4. The Kier molecular flexibility index (Phi) is 4.69. The maximum Gasteiger partial charge on any atom is 0.244 e. The van der Waals surface area contributed by atoms with Gasteiger partial charge in [0.15, 0.2) is 11.5 Å². The van der Waals surface area contributed by atoms with Gasteiger partial charge in [-0.1, -0.05) is 35.3 Å². The summed E-state index contributed by atoms with van der Waals surface area (Å²) < 4.78 is 10.5. The van der Waals surface area contributed by atoms with Gasteiger partial charge in [0, 0.05) is 16.7 Å². The molecule has 0 saturated heterocycles. The van der Waals surface area contributed by atoms with Crippen molar-refractivity contribution < 1.29 is 14.3 Å². The van der Waals surface area contributed by atoms with Crippen molar-refractivity contribution in [2.45, 2.75) is 6.42 Å². The maximum atomic E-state index is 11.8. The molecule has 0 aromatic heterocycles. The van der Waals surface area contributed by atoms with E-state index in [-0.39, 0.29) is 19.1 Å². The van der Waals surface area contributed by atoms with E-state index in [2.05, 4.69) is 10.5 Å². The van der Waals surface area contributed by atoms with Crippen molar-refractivity contribution in [1.82, 2.24) is 5.43 Å². The first-order valence-corrected chi connectivity index (χ1v) is 7.53. The molecule has 0 unspecified atom stereocenters. The fourth-order valence-corrected chi connectivity index (χ4v) is 2.36. The van der Waals surface area contributed by atoms with E-state index in [1.807, 2.05) is 0 Å². The molecule has 1 heterocycles. The fourth-order valence-electron chi connectivity index (χ4n) is 2.03. The van der Waals surface area contributed by atoms with Crippen molar-refractivity contribution in [3.63, 3.8) is 0 Å². The van der Waals surface area contributed by atoms with E-state index in [1.54, 1.807) is 36.4 Å². The maximum absolute atomic E-state index is 11.8. The number of hydrazone groups is 1. The Bertz CT molecular complexity index is 761. The summed E-state index contributed by atoms with van der Waals surface area (Å²) >= 11 is 11.9. The summed E-state index contributed by atoms with van der Waals surface area (Å²) in [4.78, 5) is 11.8. The molecule has 0 bridgehead atoms. The van der Waals surface area contributed by atoms with Crippen molar-refractivity contribution in [2.75, 3.05) is 6.79 Å². The first-order valence-electron chi connectivity index (χ1n) is 6.77. The third kappa shape index (κ3) is 3.94. The van der Waals surface area contributed by atoms with E-state index in [0.717, 1.165) is 5.56 Å². The molecule has 1 aliphatic heterocycles. The van der Waals surface area contributed by atoms with E-state index < -0.39 is 0 Å². The minimum absolute atomic E-state index is 0.171. The van der Waals surface area contributed by atoms with E-state index in [1.165, 1.54) is 6.21 Å². The summed E-state index contributed by atoms with van der Waals surface area (Å²) in [5, 5.41) is 5.00. The predicted octanol–water partition coefficient (Wildman–Crippen LogP) is 3.41. The van der Waals surface area contributed by atoms with Gasteiger partial charge < -0.3 is 9.47 Å². The lowest BCUT2D eigenvalue weighted by Crippen LogP contribution is -2.19. The molecule has 0 spiro atoms. The van der Waals surface area contributed by atoms with E-state index in [9.17, 15) is 4.79 Å². The predicted molar refractivity (Wildman–Crippen MR) is 88.5 cm³/mol. The Morgan fingerprint density at radius 3 is 2.61 bits per heavy atom. The number of hydrogen-bond acceptors (Lipinski definition) is 4. The lowest BCUT2D eigenvalue weighted by molar-refractivity contribution is -0.120. The first kappa shape index (κ1) is 15.6. The topological polar surface area (TPSA) is 59.9 Å². The number of hydrogen-bond donors (Lipinski definition) is 1. The smallest absolute Gasteiger partial charge is 0.244 e. The normalized spacial score (nSPS) is 12.6. The molecule has 2 aromatic rings. The second kappa shape index (κ2) is 6.89. The van der Waals surface area contributed by atoms with Gasteiger partial charge >= 0.3 is 0 Å². The molecule has 1 aliphatic rings.